The monoisotopic (exact) mass is 323 g/mol. The molecule has 1 aromatic rings. The average molecular weight is 324 g/mol. The van der Waals surface area contributed by atoms with Gasteiger partial charge in [-0.25, -0.2) is 0 Å². The van der Waals surface area contributed by atoms with Gasteiger partial charge < -0.3 is 14.6 Å². The highest BCUT2D eigenvalue weighted by Crippen LogP contribution is 2.35. The SMILES string of the molecule is COCCN(CCO)Cc1cc(Br)c(OC)s1. The molecule has 0 bridgehead atoms. The Balaban J connectivity index is 2.57. The molecule has 0 saturated carbocycles. The molecule has 0 amide bonds. The zero-order valence-corrected chi connectivity index (χ0v) is 12.5. The molecule has 0 fully saturated rings. The van der Waals surface area contributed by atoms with E-state index in [0.717, 1.165) is 22.6 Å². The lowest BCUT2D eigenvalue weighted by molar-refractivity contribution is 0.127. The highest BCUT2D eigenvalue weighted by Gasteiger charge is 2.11. The molecule has 6 heteroatoms. The van der Waals surface area contributed by atoms with Crippen LogP contribution < -0.4 is 4.74 Å². The largest absolute Gasteiger partial charge is 0.486 e. The van der Waals surface area contributed by atoms with E-state index in [0.29, 0.717) is 13.2 Å². The molecule has 1 heterocycles. The van der Waals surface area contributed by atoms with E-state index in [9.17, 15) is 0 Å². The molecule has 17 heavy (non-hydrogen) atoms. The number of hydrogen-bond acceptors (Lipinski definition) is 5. The van der Waals surface area contributed by atoms with Crippen molar-refractivity contribution in [3.05, 3.63) is 15.4 Å². The molecule has 0 aliphatic heterocycles. The Morgan fingerprint density at radius 3 is 2.71 bits per heavy atom. The number of aliphatic hydroxyl groups is 1. The van der Waals surface area contributed by atoms with E-state index < -0.39 is 0 Å². The summed E-state index contributed by atoms with van der Waals surface area (Å²) in [5, 5.41) is 9.89. The van der Waals surface area contributed by atoms with Gasteiger partial charge in [0.05, 0.1) is 24.8 Å². The first-order valence-corrected chi connectivity index (χ1v) is 6.96. The van der Waals surface area contributed by atoms with Crippen LogP contribution in [0.2, 0.25) is 0 Å². The Kier molecular flexibility index (Phi) is 7.06. The number of methoxy groups -OCH3 is 2. The first-order chi connectivity index (χ1) is 8.21. The predicted octanol–water partition coefficient (Wildman–Crippen LogP) is 1.96. The highest BCUT2D eigenvalue weighted by molar-refractivity contribution is 9.10. The smallest absolute Gasteiger partial charge is 0.188 e. The van der Waals surface area contributed by atoms with Gasteiger partial charge in [0.1, 0.15) is 0 Å². The molecule has 1 N–H and O–H groups in total. The summed E-state index contributed by atoms with van der Waals surface area (Å²) in [6, 6.07) is 2.06. The maximum absolute atomic E-state index is 9.01. The van der Waals surface area contributed by atoms with E-state index in [1.54, 1.807) is 25.6 Å². The van der Waals surface area contributed by atoms with E-state index in [1.807, 2.05) is 0 Å². The lowest BCUT2D eigenvalue weighted by Gasteiger charge is -2.19. The zero-order valence-electron chi connectivity index (χ0n) is 10.1. The van der Waals surface area contributed by atoms with Crippen molar-refractivity contribution in [1.29, 1.82) is 0 Å². The van der Waals surface area contributed by atoms with Crippen LogP contribution in [0.25, 0.3) is 0 Å². The molecule has 0 spiro atoms. The first-order valence-electron chi connectivity index (χ1n) is 5.35. The number of hydrogen-bond donors (Lipinski definition) is 1. The predicted molar refractivity (Wildman–Crippen MR) is 72.8 cm³/mol. The molecular formula is C11H18BrNO3S. The van der Waals surface area contributed by atoms with Crippen molar-refractivity contribution < 1.29 is 14.6 Å². The highest BCUT2D eigenvalue weighted by atomic mass is 79.9. The average Bonchev–Trinajstić information content (AvgIpc) is 2.66. The van der Waals surface area contributed by atoms with E-state index >= 15 is 0 Å². The van der Waals surface area contributed by atoms with Crippen LogP contribution in [0.4, 0.5) is 0 Å². The summed E-state index contributed by atoms with van der Waals surface area (Å²) in [5.41, 5.74) is 0. The van der Waals surface area contributed by atoms with Gasteiger partial charge in [0.2, 0.25) is 0 Å². The Bertz CT molecular complexity index is 333. The standard InChI is InChI=1S/C11H18BrNO3S/c1-15-6-4-13(3-5-14)8-9-7-10(12)11(16-2)17-9/h7,14H,3-6,8H2,1-2H3. The van der Waals surface area contributed by atoms with Crippen LogP contribution in [0.15, 0.2) is 10.5 Å². The second kappa shape index (κ2) is 8.05. The van der Waals surface area contributed by atoms with E-state index in [4.69, 9.17) is 14.6 Å². The second-order valence-electron chi connectivity index (χ2n) is 3.54. The van der Waals surface area contributed by atoms with Crippen LogP contribution >= 0.6 is 27.3 Å². The van der Waals surface area contributed by atoms with Gasteiger partial charge in [-0.15, -0.1) is 11.3 Å². The van der Waals surface area contributed by atoms with Crippen LogP contribution in [-0.2, 0) is 11.3 Å². The van der Waals surface area contributed by atoms with Crippen molar-refractivity contribution in [1.82, 2.24) is 4.90 Å². The lowest BCUT2D eigenvalue weighted by Crippen LogP contribution is -2.29. The molecule has 0 aliphatic carbocycles. The van der Waals surface area contributed by atoms with Crippen LogP contribution in [0.5, 0.6) is 5.06 Å². The molecule has 0 radical (unpaired) electrons. The van der Waals surface area contributed by atoms with Crippen LogP contribution in [0, 0.1) is 0 Å². The van der Waals surface area contributed by atoms with E-state index in [1.165, 1.54) is 4.88 Å². The minimum absolute atomic E-state index is 0.160. The van der Waals surface area contributed by atoms with Gasteiger partial charge in [0, 0.05) is 31.6 Å². The van der Waals surface area contributed by atoms with Crippen molar-refractivity contribution in [2.45, 2.75) is 6.54 Å². The molecule has 0 aliphatic rings. The van der Waals surface area contributed by atoms with E-state index in [2.05, 4.69) is 26.9 Å². The zero-order chi connectivity index (χ0) is 12.7. The van der Waals surface area contributed by atoms with Gasteiger partial charge in [-0.3, -0.25) is 4.90 Å². The molecule has 1 aromatic heterocycles. The minimum atomic E-state index is 0.160. The fourth-order valence-corrected chi connectivity index (χ4v) is 3.20. The molecule has 4 nitrogen and oxygen atoms in total. The molecule has 98 valence electrons. The summed E-state index contributed by atoms with van der Waals surface area (Å²) in [6.07, 6.45) is 0. The van der Waals surface area contributed by atoms with Gasteiger partial charge in [0.25, 0.3) is 0 Å². The first kappa shape index (κ1) is 14.9. The Hall–Kier alpha value is -0.140. The Morgan fingerprint density at radius 2 is 2.18 bits per heavy atom. The lowest BCUT2D eigenvalue weighted by atomic mass is 10.4. The summed E-state index contributed by atoms with van der Waals surface area (Å²) >= 11 is 5.07. The summed E-state index contributed by atoms with van der Waals surface area (Å²) < 4.78 is 11.3. The summed E-state index contributed by atoms with van der Waals surface area (Å²) in [7, 11) is 3.35. The maximum Gasteiger partial charge on any atom is 0.188 e. The Morgan fingerprint density at radius 1 is 1.41 bits per heavy atom. The molecular weight excluding hydrogens is 306 g/mol. The summed E-state index contributed by atoms with van der Waals surface area (Å²) in [6.45, 7) is 3.10. The number of thiophene rings is 1. The number of halogens is 1. The van der Waals surface area contributed by atoms with Gasteiger partial charge >= 0.3 is 0 Å². The van der Waals surface area contributed by atoms with E-state index in [-0.39, 0.29) is 6.61 Å². The van der Waals surface area contributed by atoms with Gasteiger partial charge in [-0.2, -0.15) is 0 Å². The summed E-state index contributed by atoms with van der Waals surface area (Å²) in [5.74, 6) is 0. The van der Waals surface area contributed by atoms with Crippen molar-refractivity contribution in [2.24, 2.45) is 0 Å². The van der Waals surface area contributed by atoms with Crippen LogP contribution in [-0.4, -0.2) is 50.5 Å². The third-order valence-electron chi connectivity index (χ3n) is 2.30. The molecule has 0 saturated heterocycles. The normalized spacial score (nSPS) is 11.1. The minimum Gasteiger partial charge on any atom is -0.486 e. The Labute approximate surface area is 114 Å². The quantitative estimate of drug-likeness (QED) is 0.794. The number of ether oxygens (including phenoxy) is 2. The fraction of sp³-hybridized carbons (Fsp3) is 0.636. The summed E-state index contributed by atoms with van der Waals surface area (Å²) in [4.78, 5) is 3.36. The van der Waals surface area contributed by atoms with Crippen molar-refractivity contribution >= 4 is 27.3 Å². The third-order valence-corrected chi connectivity index (χ3v) is 4.23. The van der Waals surface area contributed by atoms with Gasteiger partial charge in [-0.1, -0.05) is 0 Å². The number of nitrogens with zero attached hydrogens (tertiary/aromatic N) is 1. The third kappa shape index (κ3) is 4.93. The fourth-order valence-electron chi connectivity index (χ4n) is 1.47. The van der Waals surface area contributed by atoms with Gasteiger partial charge in [-0.05, 0) is 22.0 Å². The van der Waals surface area contributed by atoms with Crippen LogP contribution in [0.3, 0.4) is 0 Å². The van der Waals surface area contributed by atoms with Crippen LogP contribution in [0.1, 0.15) is 4.88 Å². The number of aliphatic hydroxyl groups excluding tert-OH is 1. The topological polar surface area (TPSA) is 41.9 Å². The molecule has 0 atom stereocenters. The van der Waals surface area contributed by atoms with Gasteiger partial charge in [0.15, 0.2) is 5.06 Å². The molecule has 0 unspecified atom stereocenters. The molecule has 0 aromatic carbocycles. The van der Waals surface area contributed by atoms with Crippen molar-refractivity contribution in [3.63, 3.8) is 0 Å². The maximum atomic E-state index is 9.01. The second-order valence-corrected chi connectivity index (χ2v) is 5.50. The van der Waals surface area contributed by atoms with Crippen molar-refractivity contribution in [3.8, 4) is 5.06 Å². The number of rotatable bonds is 8. The molecule has 1 rings (SSSR count). The van der Waals surface area contributed by atoms with Crippen molar-refractivity contribution in [2.75, 3.05) is 40.5 Å².